The van der Waals surface area contributed by atoms with E-state index in [1.807, 2.05) is 30.3 Å². The Hall–Kier alpha value is -2.60. The predicted octanol–water partition coefficient (Wildman–Crippen LogP) is 4.65. The van der Waals surface area contributed by atoms with E-state index in [0.29, 0.717) is 10.6 Å². The van der Waals surface area contributed by atoms with Gasteiger partial charge in [-0.05, 0) is 19.1 Å². The quantitative estimate of drug-likeness (QED) is 0.759. The lowest BCUT2D eigenvalue weighted by Gasteiger charge is -2.06. The van der Waals surface area contributed by atoms with Gasteiger partial charge in [-0.2, -0.15) is 0 Å². The van der Waals surface area contributed by atoms with Crippen LogP contribution in [0.5, 0.6) is 0 Å². The molecule has 0 unspecified atom stereocenters. The van der Waals surface area contributed by atoms with Crippen molar-refractivity contribution in [2.24, 2.45) is 0 Å². The molecule has 1 N–H and O–H groups in total. The molecule has 2 aromatic carbocycles. The minimum atomic E-state index is -0.819. The zero-order valence-electron chi connectivity index (χ0n) is 12.1. The van der Waals surface area contributed by atoms with E-state index >= 15 is 0 Å². The number of carbonyl (C=O) groups is 1. The first-order valence-electron chi connectivity index (χ1n) is 6.84. The van der Waals surface area contributed by atoms with Gasteiger partial charge in [0, 0.05) is 11.6 Å². The van der Waals surface area contributed by atoms with E-state index < -0.39 is 17.5 Å². The van der Waals surface area contributed by atoms with Crippen LogP contribution in [0.15, 0.2) is 48.5 Å². The fourth-order valence-corrected chi connectivity index (χ4v) is 2.98. The molecule has 0 atom stereocenters. The molecule has 3 rings (SSSR count). The second-order valence-electron chi connectivity index (χ2n) is 4.85. The molecular weight excluding hydrogens is 318 g/mol. The lowest BCUT2D eigenvalue weighted by molar-refractivity contribution is 0.103. The fraction of sp³-hybridized carbons (Fsp3) is 0.0588. The molecule has 0 aliphatic heterocycles. The van der Waals surface area contributed by atoms with Crippen molar-refractivity contribution in [1.29, 1.82) is 0 Å². The first kappa shape index (κ1) is 15.3. The summed E-state index contributed by atoms with van der Waals surface area (Å²) in [4.78, 5) is 17.2. The summed E-state index contributed by atoms with van der Waals surface area (Å²) in [6.07, 6.45) is 0. The first-order chi connectivity index (χ1) is 11.0. The summed E-state index contributed by atoms with van der Waals surface area (Å²) >= 11 is 1.23. The molecule has 0 fully saturated rings. The Morgan fingerprint density at radius 3 is 2.57 bits per heavy atom. The van der Waals surface area contributed by atoms with Crippen LogP contribution in [-0.4, -0.2) is 10.9 Å². The van der Waals surface area contributed by atoms with Gasteiger partial charge in [0.15, 0.2) is 0 Å². The van der Waals surface area contributed by atoms with Gasteiger partial charge in [-0.3, -0.25) is 4.79 Å². The number of hydrogen-bond acceptors (Lipinski definition) is 3. The van der Waals surface area contributed by atoms with Crippen LogP contribution in [0.4, 0.5) is 14.5 Å². The molecular formula is C17H12F2N2OS. The van der Waals surface area contributed by atoms with Crippen molar-refractivity contribution in [3.63, 3.8) is 0 Å². The van der Waals surface area contributed by atoms with Gasteiger partial charge in [0.1, 0.15) is 16.5 Å². The normalized spacial score (nSPS) is 10.6. The third kappa shape index (κ3) is 3.27. The maximum absolute atomic E-state index is 13.7. The van der Waals surface area contributed by atoms with Crippen molar-refractivity contribution in [3.8, 4) is 11.3 Å². The van der Waals surface area contributed by atoms with Crippen LogP contribution in [0, 0.1) is 18.6 Å². The Morgan fingerprint density at radius 2 is 1.87 bits per heavy atom. The largest absolute Gasteiger partial charge is 0.319 e. The summed E-state index contributed by atoms with van der Waals surface area (Å²) in [6.45, 7) is 1.80. The average molecular weight is 330 g/mol. The van der Waals surface area contributed by atoms with Gasteiger partial charge >= 0.3 is 0 Å². The number of aromatic nitrogens is 1. The fourth-order valence-electron chi connectivity index (χ4n) is 2.14. The number of halogens is 2. The minimum Gasteiger partial charge on any atom is -0.319 e. The van der Waals surface area contributed by atoms with E-state index in [-0.39, 0.29) is 5.69 Å². The second kappa shape index (κ2) is 6.26. The molecule has 6 heteroatoms. The van der Waals surface area contributed by atoms with Gasteiger partial charge in [0.25, 0.3) is 5.91 Å². The zero-order chi connectivity index (χ0) is 16.4. The maximum Gasteiger partial charge on any atom is 0.268 e. The van der Waals surface area contributed by atoms with Gasteiger partial charge < -0.3 is 5.32 Å². The number of amides is 1. The summed E-state index contributed by atoms with van der Waals surface area (Å²) in [6, 6.07) is 12.3. The Kier molecular flexibility index (Phi) is 4.16. The van der Waals surface area contributed by atoms with Gasteiger partial charge in [0.2, 0.25) is 0 Å². The number of thiazole rings is 1. The molecule has 3 aromatic rings. The van der Waals surface area contributed by atoms with Crippen LogP contribution in [0.1, 0.15) is 14.7 Å². The van der Waals surface area contributed by atoms with Gasteiger partial charge in [-0.1, -0.05) is 30.3 Å². The van der Waals surface area contributed by atoms with E-state index in [4.69, 9.17) is 0 Å². The Labute approximate surface area is 135 Å². The maximum atomic E-state index is 13.7. The third-order valence-corrected chi connectivity index (χ3v) is 4.14. The number of rotatable bonds is 3. The average Bonchev–Trinajstić information content (AvgIpc) is 2.93. The van der Waals surface area contributed by atoms with Crippen molar-refractivity contribution in [2.45, 2.75) is 6.92 Å². The number of anilines is 1. The number of nitrogens with zero attached hydrogens (tertiary/aromatic N) is 1. The molecule has 0 radical (unpaired) electrons. The Balaban J connectivity index is 1.94. The molecule has 0 saturated carbocycles. The summed E-state index contributed by atoms with van der Waals surface area (Å²) in [7, 11) is 0. The van der Waals surface area contributed by atoms with E-state index in [1.165, 1.54) is 17.4 Å². The smallest absolute Gasteiger partial charge is 0.268 e. The second-order valence-corrected chi connectivity index (χ2v) is 6.06. The molecule has 23 heavy (non-hydrogen) atoms. The lowest BCUT2D eigenvalue weighted by Crippen LogP contribution is -2.12. The molecule has 1 heterocycles. The number of nitrogens with one attached hydrogen (secondary N) is 1. The van der Waals surface area contributed by atoms with E-state index in [0.717, 1.165) is 22.7 Å². The first-order valence-corrected chi connectivity index (χ1v) is 7.65. The van der Waals surface area contributed by atoms with E-state index in [2.05, 4.69) is 10.3 Å². The van der Waals surface area contributed by atoms with Gasteiger partial charge in [-0.25, -0.2) is 13.8 Å². The van der Waals surface area contributed by atoms with Crippen molar-refractivity contribution < 1.29 is 13.6 Å². The highest BCUT2D eigenvalue weighted by molar-refractivity contribution is 7.14. The Morgan fingerprint density at radius 1 is 1.13 bits per heavy atom. The predicted molar refractivity (Wildman–Crippen MR) is 86.6 cm³/mol. The van der Waals surface area contributed by atoms with Crippen LogP contribution in [0.25, 0.3) is 11.3 Å². The molecule has 0 aliphatic carbocycles. The van der Waals surface area contributed by atoms with Gasteiger partial charge in [-0.15, -0.1) is 11.3 Å². The Bertz CT molecular complexity index is 862. The SMILES string of the molecule is Cc1nc(-c2ccccc2)c(C(=O)Nc2ccc(F)cc2F)s1. The van der Waals surface area contributed by atoms with E-state index in [9.17, 15) is 13.6 Å². The number of benzene rings is 2. The van der Waals surface area contributed by atoms with Crippen LogP contribution in [-0.2, 0) is 0 Å². The topological polar surface area (TPSA) is 42.0 Å². The van der Waals surface area contributed by atoms with Crippen molar-refractivity contribution in [3.05, 3.63) is 70.1 Å². The third-order valence-electron chi connectivity index (χ3n) is 3.17. The summed E-state index contributed by atoms with van der Waals surface area (Å²) in [5.74, 6) is -1.99. The van der Waals surface area contributed by atoms with Crippen LogP contribution in [0.2, 0.25) is 0 Å². The number of aryl methyl sites for hydroxylation is 1. The van der Waals surface area contributed by atoms with Crippen LogP contribution < -0.4 is 5.32 Å². The molecule has 116 valence electrons. The molecule has 1 aromatic heterocycles. The van der Waals surface area contributed by atoms with Crippen molar-refractivity contribution >= 4 is 22.9 Å². The molecule has 0 spiro atoms. The van der Waals surface area contributed by atoms with Crippen molar-refractivity contribution in [2.75, 3.05) is 5.32 Å². The number of hydrogen-bond donors (Lipinski definition) is 1. The minimum absolute atomic E-state index is 0.0681. The molecule has 0 aliphatic rings. The van der Waals surface area contributed by atoms with Crippen LogP contribution >= 0.6 is 11.3 Å². The lowest BCUT2D eigenvalue weighted by atomic mass is 10.1. The monoisotopic (exact) mass is 330 g/mol. The standard InChI is InChI=1S/C17H12F2N2OS/c1-10-20-15(11-5-3-2-4-6-11)16(23-10)17(22)21-14-8-7-12(18)9-13(14)19/h2-9H,1H3,(H,21,22). The molecule has 1 amide bonds. The summed E-state index contributed by atoms with van der Waals surface area (Å²) < 4.78 is 26.6. The van der Waals surface area contributed by atoms with E-state index in [1.54, 1.807) is 6.92 Å². The molecule has 3 nitrogen and oxygen atoms in total. The highest BCUT2D eigenvalue weighted by Gasteiger charge is 2.19. The summed E-state index contributed by atoms with van der Waals surface area (Å²) in [5, 5.41) is 3.20. The highest BCUT2D eigenvalue weighted by atomic mass is 32.1. The zero-order valence-corrected chi connectivity index (χ0v) is 13.0. The summed E-state index contributed by atoms with van der Waals surface area (Å²) in [5.41, 5.74) is 1.29. The number of carbonyl (C=O) groups excluding carboxylic acids is 1. The molecule has 0 saturated heterocycles. The van der Waals surface area contributed by atoms with Crippen LogP contribution in [0.3, 0.4) is 0 Å². The highest BCUT2D eigenvalue weighted by Crippen LogP contribution is 2.29. The molecule has 0 bridgehead atoms. The van der Waals surface area contributed by atoms with Gasteiger partial charge in [0.05, 0.1) is 16.4 Å². The van der Waals surface area contributed by atoms with Crippen molar-refractivity contribution in [1.82, 2.24) is 4.98 Å².